The van der Waals surface area contributed by atoms with Crippen LogP contribution in [0.2, 0.25) is 0 Å². The molecule has 0 aliphatic heterocycles. The summed E-state index contributed by atoms with van der Waals surface area (Å²) in [4.78, 5) is 0. The normalized spacial score (nSPS) is 10.5. The Bertz CT molecular complexity index is 452. The van der Waals surface area contributed by atoms with Crippen molar-refractivity contribution >= 4 is 9.24 Å². The summed E-state index contributed by atoms with van der Waals surface area (Å²) in [7, 11) is 1.41. The summed E-state index contributed by atoms with van der Waals surface area (Å²) in [5.74, 6) is 0. The fourth-order valence-electron chi connectivity index (χ4n) is 1.20. The first-order chi connectivity index (χ1) is 6.99. The molecular weight excluding hydrogens is 217 g/mol. The molecule has 0 saturated carbocycles. The van der Waals surface area contributed by atoms with Crippen LogP contribution in [0.5, 0.6) is 0 Å². The predicted molar refractivity (Wildman–Crippen MR) is 54.1 cm³/mol. The van der Waals surface area contributed by atoms with E-state index < -0.39 is 5.66 Å². The maximum atomic E-state index is 13.1. The van der Waals surface area contributed by atoms with Gasteiger partial charge in [-0.1, -0.05) is 15.3 Å². The summed E-state index contributed by atoms with van der Waals surface area (Å²) in [5, 5.41) is 17.1. The van der Waals surface area contributed by atoms with Crippen molar-refractivity contribution in [1.82, 2.24) is 0 Å². The zero-order chi connectivity index (χ0) is 11.5. The van der Waals surface area contributed by atoms with E-state index in [1.807, 2.05) is 6.07 Å². The summed E-state index contributed by atoms with van der Waals surface area (Å²) >= 11 is 0. The molecule has 15 heavy (non-hydrogen) atoms. The van der Waals surface area contributed by atoms with Gasteiger partial charge in [0.15, 0.2) is 0 Å². The highest BCUT2D eigenvalue weighted by atomic mass is 31.0. The molecule has 0 amide bonds. The van der Waals surface area contributed by atoms with Crippen LogP contribution in [0, 0.1) is 22.7 Å². The van der Waals surface area contributed by atoms with Crippen LogP contribution in [0.25, 0.3) is 0 Å². The fraction of sp³-hybridized carbons (Fsp3) is 0.200. The third-order valence-corrected chi connectivity index (χ3v) is 2.18. The molecule has 0 fully saturated rings. The smallest absolute Gasteiger partial charge is 0.198 e. The van der Waals surface area contributed by atoms with Gasteiger partial charge >= 0.3 is 0 Å². The SMILES string of the molecule is N#CCc1ccc(C#N)cc1C(F)(F)P. The first kappa shape index (κ1) is 11.6. The zero-order valence-electron chi connectivity index (χ0n) is 7.67. The lowest BCUT2D eigenvalue weighted by molar-refractivity contribution is 0.103. The number of nitrogens with zero attached hydrogens (tertiary/aromatic N) is 2. The predicted octanol–water partition coefficient (Wildman–Crippen LogP) is 2.55. The van der Waals surface area contributed by atoms with E-state index in [1.54, 1.807) is 6.07 Å². The second-order valence-corrected chi connectivity index (χ2v) is 3.67. The van der Waals surface area contributed by atoms with Crippen LogP contribution in [-0.4, -0.2) is 0 Å². The van der Waals surface area contributed by atoms with Crippen molar-refractivity contribution in [2.24, 2.45) is 0 Å². The number of benzene rings is 1. The first-order valence-corrected chi connectivity index (χ1v) is 4.64. The average Bonchev–Trinajstić information content (AvgIpc) is 2.17. The van der Waals surface area contributed by atoms with Gasteiger partial charge < -0.3 is 0 Å². The summed E-state index contributed by atoms with van der Waals surface area (Å²) in [6.45, 7) is 0. The van der Waals surface area contributed by atoms with Gasteiger partial charge in [0.25, 0.3) is 5.66 Å². The Morgan fingerprint density at radius 2 is 2.00 bits per heavy atom. The number of rotatable bonds is 2. The number of nitriles is 2. The molecule has 76 valence electrons. The number of hydrogen-bond acceptors (Lipinski definition) is 2. The van der Waals surface area contributed by atoms with E-state index in [9.17, 15) is 8.78 Å². The monoisotopic (exact) mass is 224 g/mol. The Labute approximate surface area is 88.3 Å². The molecule has 1 aromatic rings. The molecule has 1 atom stereocenters. The zero-order valence-corrected chi connectivity index (χ0v) is 8.82. The van der Waals surface area contributed by atoms with Gasteiger partial charge in [0.1, 0.15) is 0 Å². The van der Waals surface area contributed by atoms with E-state index in [4.69, 9.17) is 10.5 Å². The summed E-state index contributed by atoms with van der Waals surface area (Å²) in [5.41, 5.74) is -2.99. The molecular formula is C10H7F2N2P. The molecule has 0 aliphatic rings. The Morgan fingerprint density at radius 3 is 2.47 bits per heavy atom. The van der Waals surface area contributed by atoms with Crippen molar-refractivity contribution in [3.05, 3.63) is 34.9 Å². The lowest BCUT2D eigenvalue weighted by Gasteiger charge is -2.14. The van der Waals surface area contributed by atoms with Gasteiger partial charge in [0.2, 0.25) is 0 Å². The Hall–Kier alpha value is -1.51. The van der Waals surface area contributed by atoms with Gasteiger partial charge in [-0.25, -0.2) is 0 Å². The first-order valence-electron chi connectivity index (χ1n) is 4.06. The molecule has 1 aromatic carbocycles. The van der Waals surface area contributed by atoms with Crippen LogP contribution < -0.4 is 0 Å². The van der Waals surface area contributed by atoms with Crippen LogP contribution in [0.4, 0.5) is 8.78 Å². The molecule has 0 heterocycles. The van der Waals surface area contributed by atoms with E-state index in [0.29, 0.717) is 0 Å². The van der Waals surface area contributed by atoms with Gasteiger partial charge in [-0.15, -0.1) is 0 Å². The number of alkyl halides is 2. The van der Waals surface area contributed by atoms with Gasteiger partial charge in [-0.3, -0.25) is 0 Å². The highest BCUT2D eigenvalue weighted by Gasteiger charge is 2.27. The lowest BCUT2D eigenvalue weighted by Crippen LogP contribution is -2.07. The van der Waals surface area contributed by atoms with E-state index in [2.05, 4.69) is 0 Å². The van der Waals surface area contributed by atoms with Crippen LogP contribution in [0.15, 0.2) is 18.2 Å². The van der Waals surface area contributed by atoms with Crippen molar-refractivity contribution in [2.75, 3.05) is 0 Å². The van der Waals surface area contributed by atoms with Gasteiger partial charge in [-0.2, -0.15) is 19.3 Å². The van der Waals surface area contributed by atoms with E-state index in [0.717, 1.165) is 6.07 Å². The van der Waals surface area contributed by atoms with E-state index >= 15 is 0 Å². The molecule has 2 nitrogen and oxygen atoms in total. The van der Waals surface area contributed by atoms with Crippen molar-refractivity contribution in [3.8, 4) is 12.1 Å². The summed E-state index contributed by atoms with van der Waals surface area (Å²) < 4.78 is 26.2. The molecule has 0 aromatic heterocycles. The standard InChI is InChI=1S/C10H7F2N2P/c11-10(12,15)9-5-7(6-14)1-2-8(9)3-4-13/h1-2,5H,3,15H2. The molecule has 0 radical (unpaired) electrons. The van der Waals surface area contributed by atoms with Crippen molar-refractivity contribution in [3.63, 3.8) is 0 Å². The largest absolute Gasteiger partial charge is 0.284 e. The van der Waals surface area contributed by atoms with Crippen LogP contribution in [0.1, 0.15) is 16.7 Å². The highest BCUT2D eigenvalue weighted by molar-refractivity contribution is 7.17. The summed E-state index contributed by atoms with van der Waals surface area (Å²) in [6, 6.07) is 7.51. The van der Waals surface area contributed by atoms with Crippen molar-refractivity contribution in [1.29, 1.82) is 10.5 Å². The Kier molecular flexibility index (Phi) is 3.35. The lowest BCUT2D eigenvalue weighted by atomic mass is 10.0. The minimum absolute atomic E-state index is 0.0922. The molecule has 0 spiro atoms. The van der Waals surface area contributed by atoms with Gasteiger partial charge in [0.05, 0.1) is 24.1 Å². The van der Waals surface area contributed by atoms with Crippen LogP contribution in [0.3, 0.4) is 0 Å². The molecule has 0 aliphatic carbocycles. The number of hydrogen-bond donors (Lipinski definition) is 0. The molecule has 5 heteroatoms. The maximum absolute atomic E-state index is 13.1. The van der Waals surface area contributed by atoms with Crippen LogP contribution >= 0.6 is 9.24 Å². The second kappa shape index (κ2) is 4.34. The molecule has 0 saturated heterocycles. The van der Waals surface area contributed by atoms with Gasteiger partial charge in [0, 0.05) is 5.56 Å². The van der Waals surface area contributed by atoms with Gasteiger partial charge in [-0.05, 0) is 17.7 Å². The maximum Gasteiger partial charge on any atom is 0.284 e. The minimum Gasteiger partial charge on any atom is -0.198 e. The molecule has 0 N–H and O–H groups in total. The summed E-state index contributed by atoms with van der Waals surface area (Å²) in [6.07, 6.45) is -0.0922. The quantitative estimate of drug-likeness (QED) is 0.724. The Balaban J connectivity index is 3.32. The number of halogens is 2. The highest BCUT2D eigenvalue weighted by Crippen LogP contribution is 2.37. The Morgan fingerprint density at radius 1 is 1.33 bits per heavy atom. The molecule has 1 rings (SSSR count). The fourth-order valence-corrected chi connectivity index (χ4v) is 1.46. The van der Waals surface area contributed by atoms with Crippen molar-refractivity contribution < 1.29 is 8.78 Å². The van der Waals surface area contributed by atoms with E-state index in [-0.39, 0.29) is 23.1 Å². The average molecular weight is 224 g/mol. The third-order valence-electron chi connectivity index (χ3n) is 1.87. The minimum atomic E-state index is -3.11. The van der Waals surface area contributed by atoms with E-state index in [1.165, 1.54) is 21.4 Å². The molecule has 0 bridgehead atoms. The third kappa shape index (κ3) is 2.72. The molecule has 1 unspecified atom stereocenters. The van der Waals surface area contributed by atoms with Crippen molar-refractivity contribution in [2.45, 2.75) is 12.1 Å². The van der Waals surface area contributed by atoms with Crippen LogP contribution in [-0.2, 0) is 12.1 Å². The second-order valence-electron chi connectivity index (χ2n) is 2.94. The topological polar surface area (TPSA) is 47.6 Å².